The maximum absolute atomic E-state index is 13.6. The monoisotopic (exact) mass is 244 g/mol. The highest BCUT2D eigenvalue weighted by Crippen LogP contribution is 2.24. The van der Waals surface area contributed by atoms with Crippen LogP contribution in [0.2, 0.25) is 0 Å². The van der Waals surface area contributed by atoms with Crippen molar-refractivity contribution < 1.29 is 13.5 Å². The summed E-state index contributed by atoms with van der Waals surface area (Å²) >= 11 is 0. The van der Waals surface area contributed by atoms with E-state index in [2.05, 4.69) is 0 Å². The van der Waals surface area contributed by atoms with Crippen molar-refractivity contribution in [3.8, 4) is 0 Å². The number of halogens is 2. The van der Waals surface area contributed by atoms with E-state index >= 15 is 0 Å². The van der Waals surface area contributed by atoms with Crippen molar-refractivity contribution in [3.05, 3.63) is 35.4 Å². The lowest BCUT2D eigenvalue weighted by Crippen LogP contribution is -2.34. The third-order valence-electron chi connectivity index (χ3n) is 2.74. The summed E-state index contributed by atoms with van der Waals surface area (Å²) in [5.74, 6) is -1.13. The molecule has 3 nitrogen and oxygen atoms in total. The van der Waals surface area contributed by atoms with Crippen molar-refractivity contribution in [2.24, 2.45) is 5.73 Å². The van der Waals surface area contributed by atoms with E-state index in [1.165, 1.54) is 18.2 Å². The molecule has 0 fully saturated rings. The van der Waals surface area contributed by atoms with Gasteiger partial charge >= 0.3 is 0 Å². The van der Waals surface area contributed by atoms with Gasteiger partial charge in [0, 0.05) is 25.8 Å². The first kappa shape index (κ1) is 14.0. The van der Waals surface area contributed by atoms with Crippen molar-refractivity contribution in [3.63, 3.8) is 0 Å². The molecule has 0 saturated heterocycles. The fraction of sp³-hybridized carbons (Fsp3) is 0.500. The topological polar surface area (TPSA) is 38.5 Å². The Morgan fingerprint density at radius 1 is 1.35 bits per heavy atom. The lowest BCUT2D eigenvalue weighted by molar-refractivity contribution is 0.138. The van der Waals surface area contributed by atoms with Gasteiger partial charge in [-0.15, -0.1) is 0 Å². The summed E-state index contributed by atoms with van der Waals surface area (Å²) in [4.78, 5) is 1.78. The van der Waals surface area contributed by atoms with Crippen LogP contribution in [-0.4, -0.2) is 38.8 Å². The minimum Gasteiger partial charge on any atom is -0.383 e. The molecule has 0 bridgehead atoms. The summed E-state index contributed by atoms with van der Waals surface area (Å²) in [6, 6.07) is 3.35. The van der Waals surface area contributed by atoms with Gasteiger partial charge in [0.25, 0.3) is 0 Å². The van der Waals surface area contributed by atoms with E-state index in [-0.39, 0.29) is 12.1 Å². The Balaban J connectivity index is 2.93. The summed E-state index contributed by atoms with van der Waals surface area (Å²) in [5, 5.41) is 0. The van der Waals surface area contributed by atoms with Crippen LogP contribution >= 0.6 is 0 Å². The molecule has 0 heterocycles. The Kier molecular flexibility index (Phi) is 5.47. The fourth-order valence-electron chi connectivity index (χ4n) is 1.74. The summed E-state index contributed by atoms with van der Waals surface area (Å²) in [6.07, 6.45) is 0. The molecule has 1 rings (SSSR count). The predicted molar refractivity (Wildman–Crippen MR) is 62.7 cm³/mol. The molecule has 0 aliphatic rings. The Bertz CT molecular complexity index is 340. The molecule has 0 amide bonds. The van der Waals surface area contributed by atoms with Gasteiger partial charge in [0.2, 0.25) is 0 Å². The zero-order chi connectivity index (χ0) is 12.8. The van der Waals surface area contributed by atoms with Crippen molar-refractivity contribution in [1.82, 2.24) is 4.90 Å². The minimum absolute atomic E-state index is 0.0219. The SMILES string of the molecule is COCCN(C)C(CN)c1c(F)cccc1F. The molecule has 0 radical (unpaired) electrons. The second-order valence-corrected chi connectivity index (χ2v) is 3.86. The van der Waals surface area contributed by atoms with Crippen LogP contribution < -0.4 is 5.73 Å². The predicted octanol–water partition coefficient (Wildman–Crippen LogP) is 1.54. The summed E-state index contributed by atoms with van der Waals surface area (Å²) < 4.78 is 32.2. The average molecular weight is 244 g/mol. The number of nitrogens with zero attached hydrogens (tertiary/aromatic N) is 1. The molecule has 0 saturated carbocycles. The van der Waals surface area contributed by atoms with Crippen LogP contribution in [0.25, 0.3) is 0 Å². The lowest BCUT2D eigenvalue weighted by Gasteiger charge is -2.27. The van der Waals surface area contributed by atoms with Crippen molar-refractivity contribution in [2.75, 3.05) is 33.9 Å². The molecular weight excluding hydrogens is 226 g/mol. The third kappa shape index (κ3) is 3.46. The van der Waals surface area contributed by atoms with Crippen LogP contribution in [0.1, 0.15) is 11.6 Å². The van der Waals surface area contributed by atoms with Crippen LogP contribution in [0, 0.1) is 11.6 Å². The number of methoxy groups -OCH3 is 1. The maximum atomic E-state index is 13.6. The molecule has 1 unspecified atom stereocenters. The number of hydrogen-bond acceptors (Lipinski definition) is 3. The quantitative estimate of drug-likeness (QED) is 0.825. The highest BCUT2D eigenvalue weighted by Gasteiger charge is 2.22. The van der Waals surface area contributed by atoms with Gasteiger partial charge in [0.05, 0.1) is 12.6 Å². The molecular formula is C12H18F2N2O. The number of likely N-dealkylation sites (N-methyl/N-ethyl adjacent to an activating group) is 1. The van der Waals surface area contributed by atoms with Gasteiger partial charge in [-0.25, -0.2) is 8.78 Å². The van der Waals surface area contributed by atoms with Gasteiger partial charge in [0.1, 0.15) is 11.6 Å². The second-order valence-electron chi connectivity index (χ2n) is 3.86. The van der Waals surface area contributed by atoms with E-state index in [0.717, 1.165) is 0 Å². The van der Waals surface area contributed by atoms with Crippen LogP contribution in [0.3, 0.4) is 0 Å². The van der Waals surface area contributed by atoms with Gasteiger partial charge in [-0.3, -0.25) is 4.90 Å². The van der Waals surface area contributed by atoms with E-state index in [4.69, 9.17) is 10.5 Å². The summed E-state index contributed by atoms with van der Waals surface area (Å²) in [5.41, 5.74) is 5.62. The fourth-order valence-corrected chi connectivity index (χ4v) is 1.74. The lowest BCUT2D eigenvalue weighted by atomic mass is 10.0. The Morgan fingerprint density at radius 2 is 1.94 bits per heavy atom. The number of nitrogens with two attached hydrogens (primary N) is 1. The van der Waals surface area contributed by atoms with Gasteiger partial charge in [0.15, 0.2) is 0 Å². The number of ether oxygens (including phenoxy) is 1. The first-order valence-corrected chi connectivity index (χ1v) is 5.45. The highest BCUT2D eigenvalue weighted by atomic mass is 19.1. The smallest absolute Gasteiger partial charge is 0.130 e. The number of benzene rings is 1. The molecule has 0 spiro atoms. The van der Waals surface area contributed by atoms with Gasteiger partial charge in [-0.05, 0) is 19.2 Å². The molecule has 17 heavy (non-hydrogen) atoms. The maximum Gasteiger partial charge on any atom is 0.130 e. The molecule has 1 aromatic rings. The molecule has 5 heteroatoms. The van der Waals surface area contributed by atoms with Gasteiger partial charge < -0.3 is 10.5 Å². The molecule has 0 aromatic heterocycles. The van der Waals surface area contributed by atoms with E-state index in [1.807, 2.05) is 0 Å². The average Bonchev–Trinajstić information content (AvgIpc) is 2.31. The summed E-state index contributed by atoms with van der Waals surface area (Å²) in [7, 11) is 3.34. The van der Waals surface area contributed by atoms with E-state index in [9.17, 15) is 8.78 Å². The van der Waals surface area contributed by atoms with Crippen LogP contribution in [0.5, 0.6) is 0 Å². The first-order valence-electron chi connectivity index (χ1n) is 5.45. The zero-order valence-corrected chi connectivity index (χ0v) is 10.1. The van der Waals surface area contributed by atoms with Crippen molar-refractivity contribution in [2.45, 2.75) is 6.04 Å². The van der Waals surface area contributed by atoms with E-state index < -0.39 is 17.7 Å². The minimum atomic E-state index is -0.565. The van der Waals surface area contributed by atoms with Gasteiger partial charge in [-0.1, -0.05) is 6.07 Å². The summed E-state index contributed by atoms with van der Waals surface area (Å²) in [6.45, 7) is 1.20. The molecule has 2 N–H and O–H groups in total. The molecule has 96 valence electrons. The molecule has 1 atom stereocenters. The highest BCUT2D eigenvalue weighted by molar-refractivity contribution is 5.23. The third-order valence-corrected chi connectivity index (χ3v) is 2.74. The van der Waals surface area contributed by atoms with E-state index in [1.54, 1.807) is 19.1 Å². The van der Waals surface area contributed by atoms with Crippen molar-refractivity contribution >= 4 is 0 Å². The second kappa shape index (κ2) is 6.64. The molecule has 0 aliphatic carbocycles. The Morgan fingerprint density at radius 3 is 2.41 bits per heavy atom. The van der Waals surface area contributed by atoms with Crippen molar-refractivity contribution in [1.29, 1.82) is 0 Å². The normalized spacial score (nSPS) is 13.1. The van der Waals surface area contributed by atoms with Crippen LogP contribution in [0.4, 0.5) is 8.78 Å². The molecule has 0 aliphatic heterocycles. The van der Waals surface area contributed by atoms with Crippen LogP contribution in [0.15, 0.2) is 18.2 Å². The van der Waals surface area contributed by atoms with E-state index in [0.29, 0.717) is 13.2 Å². The Labute approximate surface area is 100 Å². The Hall–Kier alpha value is -1.04. The zero-order valence-electron chi connectivity index (χ0n) is 10.1. The largest absolute Gasteiger partial charge is 0.383 e. The number of rotatable bonds is 6. The van der Waals surface area contributed by atoms with Crippen LogP contribution in [-0.2, 0) is 4.74 Å². The van der Waals surface area contributed by atoms with Gasteiger partial charge in [-0.2, -0.15) is 0 Å². The first-order chi connectivity index (χ1) is 8.11. The molecule has 1 aromatic carbocycles. The standard InChI is InChI=1S/C12H18F2N2O/c1-16(6-7-17-2)11(8-15)12-9(13)4-3-5-10(12)14/h3-5,11H,6-8,15H2,1-2H3. The number of hydrogen-bond donors (Lipinski definition) is 1.